The summed E-state index contributed by atoms with van der Waals surface area (Å²) in [6.45, 7) is 6.92. The molecule has 2 heterocycles. The smallest absolute Gasteiger partial charge is 0.0762 e. The van der Waals surface area contributed by atoms with Gasteiger partial charge in [-0.05, 0) is 18.1 Å². The second-order valence-electron chi connectivity index (χ2n) is 5.01. The predicted molar refractivity (Wildman–Crippen MR) is 70.8 cm³/mol. The molecule has 5 nitrogen and oxygen atoms in total. The lowest BCUT2D eigenvalue weighted by molar-refractivity contribution is 0.477. The molecule has 0 radical (unpaired) electrons. The van der Waals surface area contributed by atoms with Crippen LogP contribution < -0.4 is 5.32 Å². The average molecular weight is 247 g/mol. The zero-order valence-electron chi connectivity index (χ0n) is 11.3. The number of nitrogens with one attached hydrogen (secondary N) is 1. The minimum Gasteiger partial charge on any atom is -0.305 e. The molecular weight excluding hydrogens is 226 g/mol. The molecule has 0 unspecified atom stereocenters. The van der Waals surface area contributed by atoms with Gasteiger partial charge in [-0.15, -0.1) is 0 Å². The van der Waals surface area contributed by atoms with E-state index in [0.717, 1.165) is 31.0 Å². The first kappa shape index (κ1) is 12.8. The Hall–Kier alpha value is -1.62. The van der Waals surface area contributed by atoms with Crippen molar-refractivity contribution in [1.82, 2.24) is 24.9 Å². The van der Waals surface area contributed by atoms with E-state index in [0.29, 0.717) is 5.92 Å². The van der Waals surface area contributed by atoms with Crippen molar-refractivity contribution in [2.75, 3.05) is 0 Å². The van der Waals surface area contributed by atoms with Crippen LogP contribution in [-0.2, 0) is 26.7 Å². The highest BCUT2D eigenvalue weighted by molar-refractivity contribution is 5.01. The Morgan fingerprint density at radius 2 is 1.78 bits per heavy atom. The van der Waals surface area contributed by atoms with Crippen LogP contribution in [0.25, 0.3) is 0 Å². The fraction of sp³-hybridized carbons (Fsp3) is 0.538. The van der Waals surface area contributed by atoms with E-state index in [4.69, 9.17) is 0 Å². The molecule has 0 fully saturated rings. The van der Waals surface area contributed by atoms with E-state index in [2.05, 4.69) is 35.4 Å². The zero-order chi connectivity index (χ0) is 13.0. The van der Waals surface area contributed by atoms with Gasteiger partial charge < -0.3 is 5.32 Å². The molecule has 0 saturated carbocycles. The monoisotopic (exact) mass is 247 g/mol. The van der Waals surface area contributed by atoms with Crippen LogP contribution in [-0.4, -0.2) is 19.6 Å². The van der Waals surface area contributed by atoms with Crippen LogP contribution in [0.15, 0.2) is 24.5 Å². The molecule has 0 amide bonds. The van der Waals surface area contributed by atoms with Crippen molar-refractivity contribution in [3.63, 3.8) is 0 Å². The van der Waals surface area contributed by atoms with E-state index >= 15 is 0 Å². The van der Waals surface area contributed by atoms with Crippen LogP contribution in [0.4, 0.5) is 0 Å². The van der Waals surface area contributed by atoms with Gasteiger partial charge in [-0.2, -0.15) is 10.2 Å². The van der Waals surface area contributed by atoms with Crippen LogP contribution in [0.3, 0.4) is 0 Å². The van der Waals surface area contributed by atoms with Gasteiger partial charge >= 0.3 is 0 Å². The van der Waals surface area contributed by atoms with Gasteiger partial charge in [-0.3, -0.25) is 9.36 Å². The first-order valence-electron chi connectivity index (χ1n) is 6.35. The van der Waals surface area contributed by atoms with Crippen molar-refractivity contribution >= 4 is 0 Å². The second kappa shape index (κ2) is 5.82. The van der Waals surface area contributed by atoms with E-state index in [1.807, 2.05) is 34.9 Å². The largest absolute Gasteiger partial charge is 0.305 e. The molecule has 0 atom stereocenters. The highest BCUT2D eigenvalue weighted by Crippen LogP contribution is 2.01. The Kier molecular flexibility index (Phi) is 4.15. The van der Waals surface area contributed by atoms with Crippen molar-refractivity contribution < 1.29 is 0 Å². The Morgan fingerprint density at radius 3 is 2.39 bits per heavy atom. The minimum atomic E-state index is 0.624. The number of aromatic nitrogens is 4. The van der Waals surface area contributed by atoms with Gasteiger partial charge in [0.25, 0.3) is 0 Å². The molecule has 0 aromatic carbocycles. The SMILES string of the molecule is CC(C)Cn1ccc(CNCc2ccn(C)n2)n1. The van der Waals surface area contributed by atoms with Crippen molar-refractivity contribution in [3.05, 3.63) is 35.9 Å². The fourth-order valence-electron chi connectivity index (χ4n) is 1.85. The van der Waals surface area contributed by atoms with Gasteiger partial charge in [0.2, 0.25) is 0 Å². The number of hydrogen-bond acceptors (Lipinski definition) is 3. The van der Waals surface area contributed by atoms with Crippen molar-refractivity contribution in [2.45, 2.75) is 33.5 Å². The summed E-state index contributed by atoms with van der Waals surface area (Å²) in [5.74, 6) is 0.624. The lowest BCUT2D eigenvalue weighted by atomic mass is 10.2. The van der Waals surface area contributed by atoms with Crippen LogP contribution in [0.1, 0.15) is 25.2 Å². The second-order valence-corrected chi connectivity index (χ2v) is 5.01. The zero-order valence-corrected chi connectivity index (χ0v) is 11.3. The summed E-state index contributed by atoms with van der Waals surface area (Å²) < 4.78 is 3.82. The van der Waals surface area contributed by atoms with Gasteiger partial charge in [0.15, 0.2) is 0 Å². The lowest BCUT2D eigenvalue weighted by Crippen LogP contribution is -2.14. The average Bonchev–Trinajstić information content (AvgIpc) is 2.88. The van der Waals surface area contributed by atoms with Gasteiger partial charge in [-0.1, -0.05) is 13.8 Å². The molecule has 2 aromatic rings. The van der Waals surface area contributed by atoms with Crippen molar-refractivity contribution in [1.29, 1.82) is 0 Å². The predicted octanol–water partition coefficient (Wildman–Crippen LogP) is 1.56. The molecule has 98 valence electrons. The number of aryl methyl sites for hydroxylation is 1. The maximum Gasteiger partial charge on any atom is 0.0762 e. The number of nitrogens with zero attached hydrogens (tertiary/aromatic N) is 4. The summed E-state index contributed by atoms with van der Waals surface area (Å²) in [6.07, 6.45) is 3.99. The molecule has 0 aliphatic heterocycles. The maximum absolute atomic E-state index is 4.52. The van der Waals surface area contributed by atoms with E-state index in [9.17, 15) is 0 Å². The first-order valence-corrected chi connectivity index (χ1v) is 6.35. The van der Waals surface area contributed by atoms with E-state index in [-0.39, 0.29) is 0 Å². The van der Waals surface area contributed by atoms with Crippen molar-refractivity contribution in [3.8, 4) is 0 Å². The van der Waals surface area contributed by atoms with Crippen LogP contribution in [0.5, 0.6) is 0 Å². The molecule has 2 rings (SSSR count). The third-order valence-electron chi connectivity index (χ3n) is 2.63. The van der Waals surface area contributed by atoms with Gasteiger partial charge in [0.1, 0.15) is 0 Å². The molecule has 0 saturated heterocycles. The summed E-state index contributed by atoms with van der Waals surface area (Å²) in [7, 11) is 1.93. The molecule has 0 spiro atoms. The van der Waals surface area contributed by atoms with E-state index in [1.54, 1.807) is 0 Å². The lowest BCUT2D eigenvalue weighted by Gasteiger charge is -2.04. The topological polar surface area (TPSA) is 47.7 Å². The minimum absolute atomic E-state index is 0.624. The van der Waals surface area contributed by atoms with Gasteiger partial charge in [-0.25, -0.2) is 0 Å². The Balaban J connectivity index is 1.78. The molecular formula is C13H21N5. The van der Waals surface area contributed by atoms with Crippen LogP contribution in [0.2, 0.25) is 0 Å². The summed E-state index contributed by atoms with van der Waals surface area (Å²) >= 11 is 0. The highest BCUT2D eigenvalue weighted by atomic mass is 15.3. The molecule has 1 N–H and O–H groups in total. The number of rotatable bonds is 6. The highest BCUT2D eigenvalue weighted by Gasteiger charge is 2.01. The summed E-state index contributed by atoms with van der Waals surface area (Å²) in [5.41, 5.74) is 2.13. The van der Waals surface area contributed by atoms with Crippen LogP contribution in [0, 0.1) is 5.92 Å². The van der Waals surface area contributed by atoms with Gasteiger partial charge in [0, 0.05) is 39.1 Å². The van der Waals surface area contributed by atoms with E-state index < -0.39 is 0 Å². The van der Waals surface area contributed by atoms with Gasteiger partial charge in [0.05, 0.1) is 11.4 Å². The number of hydrogen-bond donors (Lipinski definition) is 1. The summed E-state index contributed by atoms with van der Waals surface area (Å²) in [5, 5.41) is 12.2. The Bertz CT molecular complexity index is 483. The van der Waals surface area contributed by atoms with Crippen LogP contribution >= 0.6 is 0 Å². The molecule has 0 aliphatic rings. The molecule has 18 heavy (non-hydrogen) atoms. The fourth-order valence-corrected chi connectivity index (χ4v) is 1.85. The summed E-state index contributed by atoms with van der Waals surface area (Å²) in [4.78, 5) is 0. The quantitative estimate of drug-likeness (QED) is 0.842. The standard InChI is InChI=1S/C13H21N5/c1-11(2)10-18-7-5-13(16-18)9-14-8-12-4-6-17(3)15-12/h4-7,11,14H,8-10H2,1-3H3. The molecule has 0 aliphatic carbocycles. The van der Waals surface area contributed by atoms with E-state index in [1.165, 1.54) is 0 Å². The van der Waals surface area contributed by atoms with Crippen molar-refractivity contribution in [2.24, 2.45) is 13.0 Å². The summed E-state index contributed by atoms with van der Waals surface area (Å²) in [6, 6.07) is 4.08. The molecule has 2 aromatic heterocycles. The Labute approximate surface area is 108 Å². The Morgan fingerprint density at radius 1 is 1.11 bits per heavy atom. The molecule has 5 heteroatoms. The third-order valence-corrected chi connectivity index (χ3v) is 2.63. The maximum atomic E-state index is 4.52. The normalized spacial score (nSPS) is 11.3. The first-order chi connectivity index (χ1) is 8.63. The molecule has 0 bridgehead atoms. The third kappa shape index (κ3) is 3.70.